The first-order valence-corrected chi connectivity index (χ1v) is 7.14. The van der Waals surface area contributed by atoms with E-state index in [4.69, 9.17) is 0 Å². The molecule has 0 saturated carbocycles. The third kappa shape index (κ3) is 3.69. The fraction of sp³-hybridized carbons (Fsp3) is 0.364. The maximum atomic E-state index is 13.1. The van der Waals surface area contributed by atoms with Gasteiger partial charge in [-0.05, 0) is 23.8 Å². The number of halogens is 2. The number of thioether (sulfide) groups is 1. The van der Waals surface area contributed by atoms with Crippen LogP contribution in [0.25, 0.3) is 0 Å². The maximum Gasteiger partial charge on any atom is 0.238 e. The smallest absolute Gasteiger partial charge is 0.238 e. The molecule has 0 bridgehead atoms. The third-order valence-electron chi connectivity index (χ3n) is 2.42. The normalized spacial score (nSPS) is 19.3. The van der Waals surface area contributed by atoms with Crippen LogP contribution in [0.1, 0.15) is 5.56 Å². The van der Waals surface area contributed by atoms with Crippen molar-refractivity contribution in [2.45, 2.75) is 12.6 Å². The van der Waals surface area contributed by atoms with E-state index in [-0.39, 0.29) is 17.8 Å². The van der Waals surface area contributed by atoms with Crippen molar-refractivity contribution in [3.05, 3.63) is 34.1 Å². The minimum absolute atomic E-state index is 0.0321. The first kappa shape index (κ1) is 12.9. The fourth-order valence-electron chi connectivity index (χ4n) is 1.59. The van der Waals surface area contributed by atoms with E-state index < -0.39 is 0 Å². The van der Waals surface area contributed by atoms with Crippen molar-refractivity contribution in [2.24, 2.45) is 0 Å². The number of hydrogen-bond acceptors (Lipinski definition) is 3. The van der Waals surface area contributed by atoms with E-state index >= 15 is 0 Å². The summed E-state index contributed by atoms with van der Waals surface area (Å²) >= 11 is 4.92. The van der Waals surface area contributed by atoms with Gasteiger partial charge in [0.1, 0.15) is 5.82 Å². The van der Waals surface area contributed by atoms with Crippen molar-refractivity contribution in [3.63, 3.8) is 0 Å². The molecule has 0 aliphatic carbocycles. The minimum atomic E-state index is -0.307. The molecule has 6 heteroatoms. The summed E-state index contributed by atoms with van der Waals surface area (Å²) < 4.78 is 13.8. The van der Waals surface area contributed by atoms with Crippen molar-refractivity contribution < 1.29 is 9.18 Å². The lowest BCUT2D eigenvalue weighted by molar-refractivity contribution is -0.122. The number of rotatable bonds is 3. The second-order valence-corrected chi connectivity index (χ2v) is 5.71. The number of benzene rings is 1. The van der Waals surface area contributed by atoms with Crippen LogP contribution in [-0.4, -0.2) is 23.6 Å². The van der Waals surface area contributed by atoms with Gasteiger partial charge in [-0.2, -0.15) is 0 Å². The lowest BCUT2D eigenvalue weighted by Gasteiger charge is -2.10. The van der Waals surface area contributed by atoms with E-state index in [2.05, 4.69) is 26.6 Å². The van der Waals surface area contributed by atoms with E-state index in [1.807, 2.05) is 0 Å². The number of nitrogens with one attached hydrogen (secondary N) is 2. The van der Waals surface area contributed by atoms with Gasteiger partial charge in [0, 0.05) is 22.6 Å². The van der Waals surface area contributed by atoms with Crippen LogP contribution in [0.4, 0.5) is 4.39 Å². The predicted molar refractivity (Wildman–Crippen MR) is 70.2 cm³/mol. The number of carbonyl (C=O) groups is 1. The summed E-state index contributed by atoms with van der Waals surface area (Å²) in [5, 5.41) is 5.88. The molecule has 0 aromatic heterocycles. The highest BCUT2D eigenvalue weighted by molar-refractivity contribution is 9.10. The van der Waals surface area contributed by atoms with Crippen LogP contribution in [0, 0.1) is 5.82 Å². The zero-order valence-electron chi connectivity index (χ0n) is 9.00. The number of amides is 1. The molecule has 1 amide bonds. The van der Waals surface area contributed by atoms with E-state index in [0.717, 1.165) is 17.2 Å². The molecule has 3 nitrogen and oxygen atoms in total. The van der Waals surface area contributed by atoms with Crippen molar-refractivity contribution in [1.29, 1.82) is 0 Å². The summed E-state index contributed by atoms with van der Waals surface area (Å²) in [4.78, 5) is 11.7. The largest absolute Gasteiger partial charge is 0.351 e. The van der Waals surface area contributed by atoms with Crippen LogP contribution in [0.2, 0.25) is 0 Å². The Morgan fingerprint density at radius 2 is 2.41 bits per heavy atom. The molecule has 17 heavy (non-hydrogen) atoms. The van der Waals surface area contributed by atoms with Gasteiger partial charge in [0.15, 0.2) is 0 Å². The molecule has 1 aliphatic rings. The van der Waals surface area contributed by atoms with Crippen molar-refractivity contribution >= 4 is 33.6 Å². The van der Waals surface area contributed by atoms with Crippen LogP contribution in [0.5, 0.6) is 0 Å². The Labute approximate surface area is 112 Å². The second kappa shape index (κ2) is 5.84. The zero-order chi connectivity index (χ0) is 12.3. The number of hydrogen-bond donors (Lipinski definition) is 2. The molecule has 92 valence electrons. The van der Waals surface area contributed by atoms with E-state index in [9.17, 15) is 9.18 Å². The molecule has 1 atom stereocenters. The van der Waals surface area contributed by atoms with Gasteiger partial charge in [0.25, 0.3) is 0 Å². The quantitative estimate of drug-likeness (QED) is 0.894. The topological polar surface area (TPSA) is 41.1 Å². The molecule has 1 fully saturated rings. The Kier molecular flexibility index (Phi) is 4.42. The van der Waals surface area contributed by atoms with Gasteiger partial charge in [-0.1, -0.05) is 15.9 Å². The second-order valence-electron chi connectivity index (χ2n) is 3.77. The molecule has 2 N–H and O–H groups in total. The summed E-state index contributed by atoms with van der Waals surface area (Å²) in [5.41, 5.74) is 0.746. The Morgan fingerprint density at radius 1 is 1.59 bits per heavy atom. The van der Waals surface area contributed by atoms with Crippen molar-refractivity contribution in [3.8, 4) is 0 Å². The molecule has 1 heterocycles. The van der Waals surface area contributed by atoms with Gasteiger partial charge in [-0.15, -0.1) is 11.8 Å². The summed E-state index contributed by atoms with van der Waals surface area (Å²) in [6.45, 7) is 0.345. The molecule has 2 rings (SSSR count). The average Bonchev–Trinajstić information content (AvgIpc) is 2.78. The molecule has 0 spiro atoms. The first-order valence-electron chi connectivity index (χ1n) is 5.19. The van der Waals surface area contributed by atoms with Gasteiger partial charge < -0.3 is 5.32 Å². The zero-order valence-corrected chi connectivity index (χ0v) is 11.4. The monoisotopic (exact) mass is 318 g/mol. The fourth-order valence-corrected chi connectivity index (χ4v) is 3.04. The SMILES string of the molecule is O=C(NCc1cc(F)cc(Br)c1)[C@@H]1CSCN1. The number of carbonyl (C=O) groups excluding carboxylic acids is 1. The Bertz CT molecular complexity index is 404. The third-order valence-corrected chi connectivity index (χ3v) is 3.82. The highest BCUT2D eigenvalue weighted by Gasteiger charge is 2.21. The van der Waals surface area contributed by atoms with E-state index in [1.165, 1.54) is 12.1 Å². The Morgan fingerprint density at radius 3 is 3.06 bits per heavy atom. The van der Waals surface area contributed by atoms with Gasteiger partial charge in [0.05, 0.1) is 6.04 Å². The summed E-state index contributed by atoms with van der Waals surface area (Å²) in [5.74, 6) is 1.26. The molecule has 1 saturated heterocycles. The van der Waals surface area contributed by atoms with Gasteiger partial charge >= 0.3 is 0 Å². The predicted octanol–water partition coefficient (Wildman–Crippen LogP) is 1.87. The summed E-state index contributed by atoms with van der Waals surface area (Å²) in [7, 11) is 0. The average molecular weight is 319 g/mol. The van der Waals surface area contributed by atoms with Crippen LogP contribution in [0.3, 0.4) is 0 Å². The van der Waals surface area contributed by atoms with Crippen LogP contribution >= 0.6 is 27.7 Å². The summed E-state index contributed by atoms with van der Waals surface area (Å²) in [6, 6.07) is 4.47. The Balaban J connectivity index is 1.90. The lowest BCUT2D eigenvalue weighted by atomic mass is 10.2. The van der Waals surface area contributed by atoms with Crippen LogP contribution in [-0.2, 0) is 11.3 Å². The van der Waals surface area contributed by atoms with Crippen molar-refractivity contribution in [1.82, 2.24) is 10.6 Å². The molecular formula is C11H12BrFN2OS. The van der Waals surface area contributed by atoms with Gasteiger partial charge in [-0.3, -0.25) is 10.1 Å². The molecule has 0 radical (unpaired) electrons. The van der Waals surface area contributed by atoms with E-state index in [1.54, 1.807) is 17.8 Å². The van der Waals surface area contributed by atoms with Crippen LogP contribution < -0.4 is 10.6 Å². The molecule has 1 aliphatic heterocycles. The van der Waals surface area contributed by atoms with Crippen molar-refractivity contribution in [2.75, 3.05) is 11.6 Å². The van der Waals surface area contributed by atoms with Gasteiger partial charge in [0.2, 0.25) is 5.91 Å². The lowest BCUT2D eigenvalue weighted by Crippen LogP contribution is -2.41. The molecule has 1 aromatic carbocycles. The standard InChI is InChI=1S/C11H12BrFN2OS/c12-8-1-7(2-9(13)3-8)4-14-11(16)10-5-17-6-15-10/h1-3,10,15H,4-6H2,(H,14,16)/t10-/m0/s1. The molecule has 1 aromatic rings. The maximum absolute atomic E-state index is 13.1. The first-order chi connectivity index (χ1) is 8.15. The molecule has 0 unspecified atom stereocenters. The highest BCUT2D eigenvalue weighted by Crippen LogP contribution is 2.15. The van der Waals surface area contributed by atoms with Crippen LogP contribution in [0.15, 0.2) is 22.7 Å². The Hall–Kier alpha value is -0.590. The van der Waals surface area contributed by atoms with Gasteiger partial charge in [-0.25, -0.2) is 4.39 Å². The molecular weight excluding hydrogens is 307 g/mol. The summed E-state index contributed by atoms with van der Waals surface area (Å²) in [6.07, 6.45) is 0. The van der Waals surface area contributed by atoms with E-state index in [0.29, 0.717) is 11.0 Å². The highest BCUT2D eigenvalue weighted by atomic mass is 79.9. The minimum Gasteiger partial charge on any atom is -0.351 e.